The summed E-state index contributed by atoms with van der Waals surface area (Å²) >= 11 is 1.27. The van der Waals surface area contributed by atoms with Crippen LogP contribution >= 0.6 is 11.3 Å². The van der Waals surface area contributed by atoms with Gasteiger partial charge in [0.15, 0.2) is 5.00 Å². The van der Waals surface area contributed by atoms with Gasteiger partial charge in [-0.2, -0.15) is 0 Å². The van der Waals surface area contributed by atoms with Crippen molar-refractivity contribution in [3.8, 4) is 0 Å². The van der Waals surface area contributed by atoms with E-state index in [1.54, 1.807) is 6.92 Å². The summed E-state index contributed by atoms with van der Waals surface area (Å²) in [5.74, 6) is 0. The smallest absolute Gasteiger partial charge is 0.304 e. The first-order valence-electron chi connectivity index (χ1n) is 6.75. The van der Waals surface area contributed by atoms with Gasteiger partial charge in [0, 0.05) is 23.2 Å². The second-order valence-electron chi connectivity index (χ2n) is 4.80. The molecular formula is C15H18N2O3S. The molecule has 0 aliphatic carbocycles. The Hall–Kier alpha value is -1.92. The van der Waals surface area contributed by atoms with Gasteiger partial charge in [0.25, 0.3) is 0 Å². The van der Waals surface area contributed by atoms with Gasteiger partial charge in [-0.3, -0.25) is 10.1 Å². The number of nitrogens with zero attached hydrogens (tertiary/aromatic N) is 2. The Morgan fingerprint density at radius 3 is 2.62 bits per heavy atom. The molecule has 0 saturated carbocycles. The lowest BCUT2D eigenvalue weighted by atomic mass is 10.2. The molecule has 0 aliphatic rings. The molecule has 0 unspecified atom stereocenters. The molecule has 1 aromatic heterocycles. The summed E-state index contributed by atoms with van der Waals surface area (Å²) < 4.78 is 0. The van der Waals surface area contributed by atoms with E-state index in [9.17, 15) is 15.2 Å². The third kappa shape index (κ3) is 3.06. The summed E-state index contributed by atoms with van der Waals surface area (Å²) in [7, 11) is 0. The number of aryl methyl sites for hydroxylation is 1. The van der Waals surface area contributed by atoms with Crippen LogP contribution in [0.3, 0.4) is 0 Å². The molecule has 0 aliphatic heterocycles. The Morgan fingerprint density at radius 2 is 2.10 bits per heavy atom. The van der Waals surface area contributed by atoms with Gasteiger partial charge in [0.2, 0.25) is 0 Å². The first-order valence-corrected chi connectivity index (χ1v) is 7.56. The first-order chi connectivity index (χ1) is 9.95. The number of rotatable bonds is 5. The van der Waals surface area contributed by atoms with E-state index in [0.29, 0.717) is 16.4 Å². The van der Waals surface area contributed by atoms with Crippen molar-refractivity contribution in [3.63, 3.8) is 0 Å². The molecule has 6 heteroatoms. The summed E-state index contributed by atoms with van der Waals surface area (Å²) in [4.78, 5) is 13.4. The molecule has 1 N–H and O–H groups in total. The molecule has 112 valence electrons. The minimum atomic E-state index is -0.710. The van der Waals surface area contributed by atoms with Crippen molar-refractivity contribution in [1.29, 1.82) is 0 Å². The normalized spacial score (nSPS) is 12.2. The van der Waals surface area contributed by atoms with Gasteiger partial charge in [0.05, 0.1) is 11.0 Å². The maximum absolute atomic E-state index is 11.3. The third-order valence-corrected chi connectivity index (χ3v) is 4.61. The van der Waals surface area contributed by atoms with Crippen LogP contribution in [0.25, 0.3) is 0 Å². The molecule has 0 radical (unpaired) electrons. The minimum absolute atomic E-state index is 0.0426. The number of nitro groups is 1. The molecule has 1 aromatic carbocycles. The van der Waals surface area contributed by atoms with Gasteiger partial charge in [-0.1, -0.05) is 18.2 Å². The minimum Gasteiger partial charge on any atom is -0.388 e. The van der Waals surface area contributed by atoms with Crippen LogP contribution in [-0.4, -0.2) is 16.6 Å². The van der Waals surface area contributed by atoms with Crippen LogP contribution < -0.4 is 4.90 Å². The van der Waals surface area contributed by atoms with Gasteiger partial charge >= 0.3 is 5.69 Å². The zero-order chi connectivity index (χ0) is 15.6. The van der Waals surface area contributed by atoms with Gasteiger partial charge in [0.1, 0.15) is 0 Å². The molecule has 0 bridgehead atoms. The number of thiophene rings is 1. The summed E-state index contributed by atoms with van der Waals surface area (Å²) in [5.41, 5.74) is 2.05. The molecular weight excluding hydrogens is 288 g/mol. The molecule has 0 fully saturated rings. The van der Waals surface area contributed by atoms with Crippen LogP contribution in [0.5, 0.6) is 0 Å². The fourth-order valence-electron chi connectivity index (χ4n) is 2.21. The van der Waals surface area contributed by atoms with E-state index in [4.69, 9.17) is 0 Å². The number of anilines is 2. The molecule has 1 atom stereocenters. The number of hydrogen-bond donors (Lipinski definition) is 1. The highest BCUT2D eigenvalue weighted by atomic mass is 32.1. The summed E-state index contributed by atoms with van der Waals surface area (Å²) in [5, 5.41) is 21.6. The van der Waals surface area contributed by atoms with Crippen molar-refractivity contribution in [1.82, 2.24) is 0 Å². The lowest BCUT2D eigenvalue weighted by molar-refractivity contribution is -0.383. The topological polar surface area (TPSA) is 66.6 Å². The van der Waals surface area contributed by atoms with E-state index in [0.717, 1.165) is 11.3 Å². The lowest BCUT2D eigenvalue weighted by Crippen LogP contribution is -2.16. The summed E-state index contributed by atoms with van der Waals surface area (Å²) in [6.07, 6.45) is -0.710. The third-order valence-electron chi connectivity index (χ3n) is 3.29. The van der Waals surface area contributed by atoms with Gasteiger partial charge < -0.3 is 10.0 Å². The van der Waals surface area contributed by atoms with Crippen LogP contribution in [0, 0.1) is 17.0 Å². The highest BCUT2D eigenvalue weighted by Gasteiger charge is 2.26. The fourth-order valence-corrected chi connectivity index (χ4v) is 3.35. The Morgan fingerprint density at radius 1 is 1.43 bits per heavy atom. The van der Waals surface area contributed by atoms with Gasteiger partial charge in [-0.15, -0.1) is 11.3 Å². The predicted molar refractivity (Wildman–Crippen MR) is 85.5 cm³/mol. The average Bonchev–Trinajstić information content (AvgIpc) is 2.87. The zero-order valence-electron chi connectivity index (χ0n) is 12.2. The maximum Gasteiger partial charge on any atom is 0.304 e. The highest BCUT2D eigenvalue weighted by Crippen LogP contribution is 2.43. The number of aliphatic hydroxyl groups is 1. The molecule has 0 spiro atoms. The standard InChI is InChI=1S/C15H18N2O3S/c1-4-16(12-8-6-5-7-10(12)2)15-13(17(19)20)9-14(21-15)11(3)18/h5-9,11,18H,4H2,1-3H3/t11-/m0/s1. The Balaban J connectivity index is 2.57. The number of benzene rings is 1. The van der Waals surface area contributed by atoms with Gasteiger partial charge in [-0.05, 0) is 32.4 Å². The van der Waals surface area contributed by atoms with Gasteiger partial charge in [-0.25, -0.2) is 0 Å². The highest BCUT2D eigenvalue weighted by molar-refractivity contribution is 7.16. The molecule has 0 amide bonds. The summed E-state index contributed by atoms with van der Waals surface area (Å²) in [6.45, 7) is 6.17. The molecule has 0 saturated heterocycles. The molecule has 21 heavy (non-hydrogen) atoms. The molecule has 2 aromatic rings. The van der Waals surface area contributed by atoms with E-state index in [-0.39, 0.29) is 5.69 Å². The average molecular weight is 306 g/mol. The quantitative estimate of drug-likeness (QED) is 0.665. The van der Waals surface area contributed by atoms with E-state index < -0.39 is 11.0 Å². The Kier molecular flexibility index (Phi) is 4.59. The van der Waals surface area contributed by atoms with Crippen molar-refractivity contribution in [2.45, 2.75) is 26.9 Å². The van der Waals surface area contributed by atoms with Crippen molar-refractivity contribution in [2.24, 2.45) is 0 Å². The largest absolute Gasteiger partial charge is 0.388 e. The van der Waals surface area contributed by atoms with Crippen molar-refractivity contribution >= 4 is 27.7 Å². The first kappa shape index (κ1) is 15.5. The Bertz CT molecular complexity index is 652. The van der Waals surface area contributed by atoms with Crippen LogP contribution in [0.4, 0.5) is 16.4 Å². The second kappa shape index (κ2) is 6.24. The number of para-hydroxylation sites is 1. The van der Waals surface area contributed by atoms with Crippen molar-refractivity contribution in [3.05, 3.63) is 50.9 Å². The molecule has 1 heterocycles. The van der Waals surface area contributed by atoms with Crippen LogP contribution in [0.1, 0.15) is 30.4 Å². The lowest BCUT2D eigenvalue weighted by Gasteiger charge is -2.22. The number of aliphatic hydroxyl groups excluding tert-OH is 1. The van der Waals surface area contributed by atoms with Crippen LogP contribution in [0.2, 0.25) is 0 Å². The monoisotopic (exact) mass is 306 g/mol. The van der Waals surface area contributed by atoms with Crippen LogP contribution in [0.15, 0.2) is 30.3 Å². The zero-order valence-corrected chi connectivity index (χ0v) is 13.1. The predicted octanol–water partition coefficient (Wildman–Crippen LogP) is 4.18. The number of hydrogen-bond acceptors (Lipinski definition) is 5. The Labute approximate surface area is 127 Å². The SMILES string of the molecule is CCN(c1ccccc1C)c1sc([C@H](C)O)cc1[N+](=O)[O-]. The fraction of sp³-hybridized carbons (Fsp3) is 0.333. The van der Waals surface area contributed by atoms with Crippen LogP contribution in [-0.2, 0) is 0 Å². The van der Waals surface area contributed by atoms with E-state index in [1.807, 2.05) is 43.0 Å². The van der Waals surface area contributed by atoms with Crippen molar-refractivity contribution in [2.75, 3.05) is 11.4 Å². The maximum atomic E-state index is 11.3. The van der Waals surface area contributed by atoms with E-state index >= 15 is 0 Å². The van der Waals surface area contributed by atoms with E-state index in [1.165, 1.54) is 17.4 Å². The van der Waals surface area contributed by atoms with Crippen molar-refractivity contribution < 1.29 is 10.0 Å². The van der Waals surface area contributed by atoms with E-state index in [2.05, 4.69) is 0 Å². The second-order valence-corrected chi connectivity index (χ2v) is 5.87. The molecule has 2 rings (SSSR count). The molecule has 5 nitrogen and oxygen atoms in total. The summed E-state index contributed by atoms with van der Waals surface area (Å²) in [6, 6.07) is 9.25.